The molecule has 0 saturated heterocycles. The summed E-state index contributed by atoms with van der Waals surface area (Å²) in [5, 5.41) is 4.59. The van der Waals surface area contributed by atoms with Gasteiger partial charge in [-0.2, -0.15) is 5.10 Å². The summed E-state index contributed by atoms with van der Waals surface area (Å²) >= 11 is 0. The van der Waals surface area contributed by atoms with Crippen molar-refractivity contribution in [1.82, 2.24) is 9.78 Å². The van der Waals surface area contributed by atoms with Gasteiger partial charge >= 0.3 is 0 Å². The van der Waals surface area contributed by atoms with Crippen LogP contribution in [0.25, 0.3) is 5.69 Å². The average molecular weight is 268 g/mol. The molecule has 2 rings (SSSR count). The Hall–Kier alpha value is -2.16. The second-order valence-electron chi connectivity index (χ2n) is 5.30. The zero-order chi connectivity index (χ0) is 14.7. The molecule has 3 heteroatoms. The molecule has 0 aliphatic heterocycles. The predicted octanol–water partition coefficient (Wildman–Crippen LogP) is 3.98. The Morgan fingerprint density at radius 3 is 2.50 bits per heavy atom. The van der Waals surface area contributed by atoms with Gasteiger partial charge in [0.25, 0.3) is 0 Å². The fraction of sp³-hybridized carbons (Fsp3) is 0.294. The van der Waals surface area contributed by atoms with Crippen molar-refractivity contribution in [1.29, 1.82) is 0 Å². The summed E-state index contributed by atoms with van der Waals surface area (Å²) < 4.78 is 1.79. The molecular weight excluding hydrogens is 248 g/mol. The van der Waals surface area contributed by atoms with Gasteiger partial charge in [0, 0.05) is 12.1 Å². The number of hydrogen-bond acceptors (Lipinski definition) is 2. The van der Waals surface area contributed by atoms with Crippen molar-refractivity contribution in [2.75, 3.05) is 0 Å². The third kappa shape index (κ3) is 2.87. The predicted molar refractivity (Wildman–Crippen MR) is 81.7 cm³/mol. The maximum absolute atomic E-state index is 11.2. The minimum atomic E-state index is 0.194. The van der Waals surface area contributed by atoms with E-state index in [0.29, 0.717) is 5.56 Å². The zero-order valence-electron chi connectivity index (χ0n) is 12.3. The van der Waals surface area contributed by atoms with Crippen LogP contribution in [0.3, 0.4) is 0 Å². The van der Waals surface area contributed by atoms with Gasteiger partial charge in [-0.1, -0.05) is 19.1 Å². The number of hydrogen-bond donors (Lipinski definition) is 0. The first-order valence-electron chi connectivity index (χ1n) is 6.79. The summed E-state index contributed by atoms with van der Waals surface area (Å²) in [6.07, 6.45) is 5.34. The average Bonchev–Trinajstić information content (AvgIpc) is 2.82. The van der Waals surface area contributed by atoms with Crippen LogP contribution in [0.4, 0.5) is 0 Å². The lowest BCUT2D eigenvalue weighted by Gasteiger charge is -2.07. The first kappa shape index (κ1) is 14.3. The Bertz CT molecular complexity index is 620. The van der Waals surface area contributed by atoms with Crippen molar-refractivity contribution >= 4 is 6.29 Å². The Morgan fingerprint density at radius 2 is 1.95 bits per heavy atom. The van der Waals surface area contributed by atoms with Crippen molar-refractivity contribution in [3.63, 3.8) is 0 Å². The van der Waals surface area contributed by atoms with Crippen LogP contribution in [-0.4, -0.2) is 16.1 Å². The molecule has 0 radical (unpaired) electrons. The molecular formula is C17H20N2O. The molecule has 3 nitrogen and oxygen atoms in total. The Labute approximate surface area is 119 Å². The van der Waals surface area contributed by atoms with Crippen molar-refractivity contribution < 1.29 is 4.79 Å². The highest BCUT2D eigenvalue weighted by Gasteiger charge is 2.15. The first-order valence-corrected chi connectivity index (χ1v) is 6.79. The topological polar surface area (TPSA) is 34.9 Å². The van der Waals surface area contributed by atoms with Gasteiger partial charge in [-0.15, -0.1) is 6.58 Å². The standard InChI is InChI=1S/C17H20N2O/c1-5-6-14(4)17-15(11-20)10-19(18-17)16-8-12(2)7-13(3)9-16/h5,7-11,14H,1,6H2,2-4H3. The van der Waals surface area contributed by atoms with E-state index in [2.05, 4.69) is 50.6 Å². The number of benzene rings is 1. The molecule has 1 heterocycles. The van der Waals surface area contributed by atoms with E-state index in [9.17, 15) is 4.79 Å². The minimum absolute atomic E-state index is 0.194. The van der Waals surface area contributed by atoms with Crippen LogP contribution in [0.2, 0.25) is 0 Å². The highest BCUT2D eigenvalue weighted by molar-refractivity contribution is 5.76. The molecule has 1 atom stereocenters. The van der Waals surface area contributed by atoms with Crippen molar-refractivity contribution in [3.8, 4) is 5.69 Å². The normalized spacial score (nSPS) is 12.2. The number of nitrogens with zero attached hydrogens (tertiary/aromatic N) is 2. The van der Waals surface area contributed by atoms with Crippen LogP contribution in [0, 0.1) is 13.8 Å². The molecule has 0 saturated carbocycles. The number of allylic oxidation sites excluding steroid dienone is 1. The molecule has 20 heavy (non-hydrogen) atoms. The van der Waals surface area contributed by atoms with Gasteiger partial charge in [0.2, 0.25) is 0 Å². The Morgan fingerprint density at radius 1 is 1.30 bits per heavy atom. The fourth-order valence-corrected chi connectivity index (χ4v) is 2.45. The van der Waals surface area contributed by atoms with Crippen LogP contribution in [0.15, 0.2) is 37.1 Å². The Balaban J connectivity index is 2.47. The maximum atomic E-state index is 11.2. The molecule has 1 aromatic carbocycles. The minimum Gasteiger partial charge on any atom is -0.298 e. The number of carbonyl (C=O) groups excluding carboxylic acids is 1. The van der Waals surface area contributed by atoms with Crippen LogP contribution in [-0.2, 0) is 0 Å². The van der Waals surface area contributed by atoms with E-state index in [0.717, 1.165) is 24.1 Å². The van der Waals surface area contributed by atoms with Gasteiger partial charge in [-0.05, 0) is 43.5 Å². The first-order chi connectivity index (χ1) is 9.55. The van der Waals surface area contributed by atoms with E-state index in [1.54, 1.807) is 10.9 Å². The van der Waals surface area contributed by atoms with E-state index in [4.69, 9.17) is 0 Å². The molecule has 0 bridgehead atoms. The number of carbonyl (C=O) groups is 1. The number of aryl methyl sites for hydroxylation is 2. The van der Waals surface area contributed by atoms with Crippen LogP contribution >= 0.6 is 0 Å². The fourth-order valence-electron chi connectivity index (χ4n) is 2.45. The van der Waals surface area contributed by atoms with Crippen molar-refractivity contribution in [3.05, 3.63) is 59.4 Å². The van der Waals surface area contributed by atoms with E-state index in [1.807, 2.05) is 6.08 Å². The van der Waals surface area contributed by atoms with E-state index < -0.39 is 0 Å². The molecule has 0 fully saturated rings. The molecule has 2 aromatic rings. The summed E-state index contributed by atoms with van der Waals surface area (Å²) in [5.74, 6) is 0.194. The molecule has 0 amide bonds. The van der Waals surface area contributed by atoms with Gasteiger partial charge in [0.15, 0.2) is 6.29 Å². The zero-order valence-corrected chi connectivity index (χ0v) is 12.3. The largest absolute Gasteiger partial charge is 0.298 e. The van der Waals surface area contributed by atoms with Gasteiger partial charge < -0.3 is 0 Å². The summed E-state index contributed by atoms with van der Waals surface area (Å²) in [6.45, 7) is 9.92. The number of aldehydes is 1. The van der Waals surface area contributed by atoms with Crippen LogP contribution in [0.5, 0.6) is 0 Å². The van der Waals surface area contributed by atoms with E-state index >= 15 is 0 Å². The summed E-state index contributed by atoms with van der Waals surface area (Å²) in [5.41, 5.74) is 4.84. The lowest BCUT2D eigenvalue weighted by molar-refractivity contribution is 0.112. The molecule has 1 unspecified atom stereocenters. The Kier molecular flexibility index (Phi) is 4.18. The van der Waals surface area contributed by atoms with E-state index in [-0.39, 0.29) is 5.92 Å². The van der Waals surface area contributed by atoms with Gasteiger partial charge in [0.1, 0.15) is 0 Å². The van der Waals surface area contributed by atoms with Crippen LogP contribution < -0.4 is 0 Å². The van der Waals surface area contributed by atoms with Crippen LogP contribution in [0.1, 0.15) is 46.4 Å². The lowest BCUT2D eigenvalue weighted by Crippen LogP contribution is -2.00. The summed E-state index contributed by atoms with van der Waals surface area (Å²) in [4.78, 5) is 11.2. The third-order valence-corrected chi connectivity index (χ3v) is 3.36. The van der Waals surface area contributed by atoms with Gasteiger partial charge in [-0.3, -0.25) is 4.79 Å². The van der Waals surface area contributed by atoms with E-state index in [1.165, 1.54) is 11.1 Å². The number of rotatable bonds is 5. The molecule has 0 N–H and O–H groups in total. The SMILES string of the molecule is C=CCC(C)c1nn(-c2cc(C)cc(C)c2)cc1C=O. The number of aromatic nitrogens is 2. The maximum Gasteiger partial charge on any atom is 0.153 e. The van der Waals surface area contributed by atoms with Gasteiger partial charge in [-0.25, -0.2) is 4.68 Å². The van der Waals surface area contributed by atoms with Crippen molar-refractivity contribution in [2.24, 2.45) is 0 Å². The molecule has 104 valence electrons. The third-order valence-electron chi connectivity index (χ3n) is 3.36. The quantitative estimate of drug-likeness (QED) is 0.607. The molecule has 0 aliphatic carbocycles. The monoisotopic (exact) mass is 268 g/mol. The molecule has 0 aliphatic rings. The molecule has 0 spiro atoms. The summed E-state index contributed by atoms with van der Waals surface area (Å²) in [7, 11) is 0. The highest BCUT2D eigenvalue weighted by atomic mass is 16.1. The molecule has 1 aromatic heterocycles. The second-order valence-corrected chi connectivity index (χ2v) is 5.30. The van der Waals surface area contributed by atoms with Gasteiger partial charge in [0.05, 0.1) is 16.9 Å². The smallest absolute Gasteiger partial charge is 0.153 e. The lowest BCUT2D eigenvalue weighted by atomic mass is 10.0. The highest BCUT2D eigenvalue weighted by Crippen LogP contribution is 2.23. The van der Waals surface area contributed by atoms with Crippen molar-refractivity contribution in [2.45, 2.75) is 33.1 Å². The second kappa shape index (κ2) is 5.87. The summed E-state index contributed by atoms with van der Waals surface area (Å²) in [6, 6.07) is 6.25.